The number of carbonyl (C=O) groups excluding carboxylic acids is 1. The molecule has 0 aromatic heterocycles. The molecule has 32 heavy (non-hydrogen) atoms. The van der Waals surface area contributed by atoms with Gasteiger partial charge in [0.15, 0.2) is 8.32 Å². The highest BCUT2D eigenvalue weighted by Gasteiger charge is 2.38. The number of carbonyl (C=O) groups is 1. The van der Waals surface area contributed by atoms with Crippen LogP contribution >= 0.6 is 0 Å². The van der Waals surface area contributed by atoms with Crippen molar-refractivity contribution in [1.29, 1.82) is 0 Å². The monoisotopic (exact) mass is 478 g/mol. The molecule has 2 aromatic carbocycles. The van der Waals surface area contributed by atoms with Crippen molar-refractivity contribution < 1.29 is 26.6 Å². The number of rotatable bonds is 10. The van der Waals surface area contributed by atoms with E-state index in [4.69, 9.17) is 13.3 Å². The van der Waals surface area contributed by atoms with Gasteiger partial charge in [-0.2, -0.15) is 8.42 Å². The van der Waals surface area contributed by atoms with Crippen molar-refractivity contribution in [3.8, 4) is 0 Å². The second kappa shape index (κ2) is 10.7. The fourth-order valence-corrected chi connectivity index (χ4v) is 4.34. The highest BCUT2D eigenvalue weighted by atomic mass is 32.2. The lowest BCUT2D eigenvalue weighted by atomic mass is 10.0. The molecule has 0 fully saturated rings. The van der Waals surface area contributed by atoms with Crippen LogP contribution in [0.3, 0.4) is 0 Å². The van der Waals surface area contributed by atoms with E-state index in [-0.39, 0.29) is 30.6 Å². The molecule has 1 atom stereocenters. The minimum absolute atomic E-state index is 0.0208. The van der Waals surface area contributed by atoms with Crippen LogP contribution in [-0.2, 0) is 41.3 Å². The van der Waals surface area contributed by atoms with Gasteiger partial charge in [0, 0.05) is 0 Å². The predicted octanol–water partition coefficient (Wildman–Crippen LogP) is 5.01. The molecule has 2 rings (SSSR count). The van der Waals surface area contributed by atoms with E-state index < -0.39 is 24.5 Å². The summed E-state index contributed by atoms with van der Waals surface area (Å²) < 4.78 is 40.7. The summed E-state index contributed by atoms with van der Waals surface area (Å²) in [5.74, 6) is -0.357. The Morgan fingerprint density at radius 3 is 2.22 bits per heavy atom. The molecular formula is C24H34O6SSi. The van der Waals surface area contributed by atoms with Crippen molar-refractivity contribution >= 4 is 24.4 Å². The third kappa shape index (κ3) is 8.50. The molecule has 0 amide bonds. The zero-order valence-corrected chi connectivity index (χ0v) is 21.6. The second-order valence-corrected chi connectivity index (χ2v) is 15.8. The van der Waals surface area contributed by atoms with E-state index in [1.54, 1.807) is 24.3 Å². The van der Waals surface area contributed by atoms with Gasteiger partial charge in [-0.3, -0.25) is 8.98 Å². The van der Waals surface area contributed by atoms with Crippen LogP contribution in [-0.4, -0.2) is 35.6 Å². The smallest absolute Gasteiger partial charge is 0.310 e. The van der Waals surface area contributed by atoms with E-state index >= 15 is 0 Å². The zero-order chi connectivity index (χ0) is 24.0. The molecular weight excluding hydrogens is 444 g/mol. The fraction of sp³-hybridized carbons (Fsp3) is 0.458. The van der Waals surface area contributed by atoms with Crippen LogP contribution in [0.15, 0.2) is 54.6 Å². The highest BCUT2D eigenvalue weighted by Crippen LogP contribution is 2.37. The molecule has 1 unspecified atom stereocenters. The van der Waals surface area contributed by atoms with Crippen molar-refractivity contribution in [1.82, 2.24) is 0 Å². The Hall–Kier alpha value is -2.00. The van der Waals surface area contributed by atoms with Crippen LogP contribution in [0.1, 0.15) is 43.6 Å². The molecule has 0 saturated heterocycles. The summed E-state index contributed by atoms with van der Waals surface area (Å²) in [5, 5.41) is -0.0208. The summed E-state index contributed by atoms with van der Waals surface area (Å²) in [4.78, 5) is 12.3. The minimum Gasteiger partial charge on any atom is -0.461 e. The Morgan fingerprint density at radius 2 is 1.62 bits per heavy atom. The van der Waals surface area contributed by atoms with Crippen LogP contribution < -0.4 is 0 Å². The van der Waals surface area contributed by atoms with Crippen molar-refractivity contribution in [3.05, 3.63) is 71.3 Å². The summed E-state index contributed by atoms with van der Waals surface area (Å²) in [7, 11) is -5.81. The summed E-state index contributed by atoms with van der Waals surface area (Å²) in [6.07, 6.45) is 0.311. The first kappa shape index (κ1) is 26.3. The molecule has 2 aromatic rings. The third-order valence-electron chi connectivity index (χ3n) is 5.61. The summed E-state index contributed by atoms with van der Waals surface area (Å²) in [6, 6.07) is 16.6. The van der Waals surface area contributed by atoms with Crippen LogP contribution in [0.5, 0.6) is 0 Å². The van der Waals surface area contributed by atoms with Crippen molar-refractivity contribution in [2.24, 2.45) is 0 Å². The van der Waals surface area contributed by atoms with Crippen molar-refractivity contribution in [3.63, 3.8) is 0 Å². The Bertz CT molecular complexity index is 997. The summed E-state index contributed by atoms with van der Waals surface area (Å²) >= 11 is 0. The number of benzene rings is 2. The summed E-state index contributed by atoms with van der Waals surface area (Å²) in [6.45, 7) is 10.9. The van der Waals surface area contributed by atoms with E-state index in [0.717, 1.165) is 17.4 Å². The van der Waals surface area contributed by atoms with Gasteiger partial charge in [0.25, 0.3) is 10.1 Å². The average molecular weight is 479 g/mol. The van der Waals surface area contributed by atoms with E-state index in [1.165, 1.54) is 0 Å². The average Bonchev–Trinajstić information content (AvgIpc) is 2.69. The molecule has 0 saturated carbocycles. The number of hydrogen-bond acceptors (Lipinski definition) is 6. The standard InChI is InChI=1S/C24H34O6SSi/c1-24(2,3)32(5,6)29-18-22(30-31(4,26)27)21-14-10-13-20(15-21)16-23(25)28-17-19-11-8-7-9-12-19/h7-15,22H,16-18H2,1-6H3. The molecule has 0 aliphatic heterocycles. The van der Waals surface area contributed by atoms with E-state index in [0.29, 0.717) is 5.56 Å². The maximum Gasteiger partial charge on any atom is 0.310 e. The van der Waals surface area contributed by atoms with Gasteiger partial charge in [-0.1, -0.05) is 75.4 Å². The van der Waals surface area contributed by atoms with Crippen LogP contribution in [0.4, 0.5) is 0 Å². The Morgan fingerprint density at radius 1 is 1.00 bits per heavy atom. The van der Waals surface area contributed by atoms with Crippen LogP contribution in [0, 0.1) is 0 Å². The number of ether oxygens (including phenoxy) is 1. The first-order valence-corrected chi connectivity index (χ1v) is 15.3. The lowest BCUT2D eigenvalue weighted by Gasteiger charge is -2.37. The SMILES string of the molecule is CC(C)(C)[Si](C)(C)OCC(OS(C)(=O)=O)c1cccc(CC(=O)OCc2ccccc2)c1. The van der Waals surface area contributed by atoms with Gasteiger partial charge in [0.2, 0.25) is 0 Å². The number of hydrogen-bond donors (Lipinski definition) is 0. The molecule has 0 aliphatic carbocycles. The first-order chi connectivity index (χ1) is 14.8. The Labute approximate surface area is 193 Å². The van der Waals surface area contributed by atoms with Gasteiger partial charge in [0.05, 0.1) is 19.3 Å². The topological polar surface area (TPSA) is 78.9 Å². The lowest BCUT2D eigenvalue weighted by molar-refractivity contribution is -0.144. The number of esters is 1. The van der Waals surface area contributed by atoms with E-state index in [2.05, 4.69) is 33.9 Å². The van der Waals surface area contributed by atoms with Crippen LogP contribution in [0.2, 0.25) is 18.1 Å². The molecule has 6 nitrogen and oxygen atoms in total. The molecule has 0 spiro atoms. The normalized spacial score (nSPS) is 13.6. The molecule has 0 N–H and O–H groups in total. The molecule has 0 aliphatic rings. The quantitative estimate of drug-likeness (QED) is 0.271. The molecule has 0 heterocycles. The van der Waals surface area contributed by atoms with Crippen molar-refractivity contribution in [2.45, 2.75) is 58.0 Å². The van der Waals surface area contributed by atoms with Crippen molar-refractivity contribution in [2.75, 3.05) is 12.9 Å². The van der Waals surface area contributed by atoms with Gasteiger partial charge in [-0.15, -0.1) is 0 Å². The lowest BCUT2D eigenvalue weighted by Crippen LogP contribution is -2.42. The zero-order valence-electron chi connectivity index (χ0n) is 19.8. The second-order valence-electron chi connectivity index (χ2n) is 9.43. The molecule has 176 valence electrons. The van der Waals surface area contributed by atoms with Gasteiger partial charge < -0.3 is 9.16 Å². The van der Waals surface area contributed by atoms with E-state index in [9.17, 15) is 13.2 Å². The van der Waals surface area contributed by atoms with Crippen LogP contribution in [0.25, 0.3) is 0 Å². The van der Waals surface area contributed by atoms with E-state index in [1.807, 2.05) is 30.3 Å². The minimum atomic E-state index is -3.71. The molecule has 8 heteroatoms. The van der Waals surface area contributed by atoms with Gasteiger partial charge in [-0.05, 0) is 34.8 Å². The Balaban J connectivity index is 2.11. The highest BCUT2D eigenvalue weighted by molar-refractivity contribution is 7.86. The third-order valence-corrected chi connectivity index (χ3v) is 10.7. The predicted molar refractivity (Wildman–Crippen MR) is 128 cm³/mol. The molecule has 0 radical (unpaired) electrons. The fourth-order valence-electron chi connectivity index (χ4n) is 2.75. The summed E-state index contributed by atoms with van der Waals surface area (Å²) in [5.41, 5.74) is 2.27. The van der Waals surface area contributed by atoms with Gasteiger partial charge in [0.1, 0.15) is 12.7 Å². The van der Waals surface area contributed by atoms with Gasteiger partial charge in [-0.25, -0.2) is 0 Å². The maximum atomic E-state index is 12.3. The van der Waals surface area contributed by atoms with Gasteiger partial charge >= 0.3 is 5.97 Å². The Kier molecular flexibility index (Phi) is 8.81. The molecule has 0 bridgehead atoms. The maximum absolute atomic E-state index is 12.3. The largest absolute Gasteiger partial charge is 0.461 e. The first-order valence-electron chi connectivity index (χ1n) is 10.6.